The molecule has 1 aromatic rings. The number of nitrogens with zero attached hydrogens (tertiary/aromatic N) is 5. The molecular formula is C15H25N5O2. The summed E-state index contributed by atoms with van der Waals surface area (Å²) in [5.74, 6) is 2.14. The Morgan fingerprint density at radius 3 is 2.95 bits per heavy atom. The minimum atomic E-state index is 0.0720. The maximum atomic E-state index is 12.5. The second-order valence-corrected chi connectivity index (χ2v) is 6.21. The normalized spacial score (nSPS) is 22.6. The summed E-state index contributed by atoms with van der Waals surface area (Å²) < 4.78 is 7.26. The zero-order valence-corrected chi connectivity index (χ0v) is 13.5. The van der Waals surface area contributed by atoms with Gasteiger partial charge in [-0.2, -0.15) is 0 Å². The number of fused-ring (bicyclic) bond motifs is 1. The molecule has 7 nitrogen and oxygen atoms in total. The Balaban J connectivity index is 1.80. The Labute approximate surface area is 131 Å². The second-order valence-electron chi connectivity index (χ2n) is 6.21. The van der Waals surface area contributed by atoms with Crippen molar-refractivity contribution in [2.75, 3.05) is 33.9 Å². The number of rotatable bonds is 4. The summed E-state index contributed by atoms with van der Waals surface area (Å²) in [5.41, 5.74) is 0. The minimum Gasteiger partial charge on any atom is -0.384 e. The lowest BCUT2D eigenvalue weighted by Crippen LogP contribution is -2.41. The van der Waals surface area contributed by atoms with Crippen molar-refractivity contribution in [2.45, 2.75) is 44.8 Å². The first-order chi connectivity index (χ1) is 10.7. The molecule has 0 N–H and O–H groups in total. The standard InChI is InChI=1S/C15H25N5O2/c1-18-8-9-20-13(11-18)16-17-15(20)12-5-3-4-7-19(12)14(21)6-10-22-2/h12H,3-11H2,1-2H3/t12-/m1/s1. The van der Waals surface area contributed by atoms with E-state index in [1.807, 2.05) is 4.90 Å². The van der Waals surface area contributed by atoms with Crippen molar-refractivity contribution in [3.8, 4) is 0 Å². The number of likely N-dealkylation sites (N-methyl/N-ethyl adjacent to an activating group) is 1. The van der Waals surface area contributed by atoms with E-state index in [0.29, 0.717) is 13.0 Å². The third-order valence-electron chi connectivity index (χ3n) is 4.61. The van der Waals surface area contributed by atoms with Crippen molar-refractivity contribution in [3.05, 3.63) is 11.6 Å². The molecule has 0 aliphatic carbocycles. The van der Waals surface area contributed by atoms with Crippen LogP contribution in [-0.2, 0) is 22.6 Å². The number of amides is 1. The molecule has 1 atom stereocenters. The number of methoxy groups -OCH3 is 1. The van der Waals surface area contributed by atoms with E-state index >= 15 is 0 Å². The van der Waals surface area contributed by atoms with Gasteiger partial charge in [-0.25, -0.2) is 0 Å². The molecule has 2 aliphatic heterocycles. The fraction of sp³-hybridized carbons (Fsp3) is 0.800. The summed E-state index contributed by atoms with van der Waals surface area (Å²) >= 11 is 0. The third kappa shape index (κ3) is 3.01. The fourth-order valence-electron chi connectivity index (χ4n) is 3.38. The Hall–Kier alpha value is -1.47. The van der Waals surface area contributed by atoms with Crippen LogP contribution in [0, 0.1) is 0 Å². The smallest absolute Gasteiger partial charge is 0.225 e. The van der Waals surface area contributed by atoms with Gasteiger partial charge in [-0.05, 0) is 26.3 Å². The lowest BCUT2D eigenvalue weighted by Gasteiger charge is -2.36. The van der Waals surface area contributed by atoms with E-state index in [9.17, 15) is 4.79 Å². The number of carbonyl (C=O) groups excluding carboxylic acids is 1. The van der Waals surface area contributed by atoms with Crippen LogP contribution in [-0.4, -0.2) is 64.3 Å². The molecule has 7 heteroatoms. The SMILES string of the molecule is COCCC(=O)N1CCCC[C@@H]1c1nnc2n1CCN(C)C2. The number of hydrogen-bond acceptors (Lipinski definition) is 5. The summed E-state index contributed by atoms with van der Waals surface area (Å²) in [7, 11) is 3.73. The van der Waals surface area contributed by atoms with Crippen LogP contribution in [0.3, 0.4) is 0 Å². The number of likely N-dealkylation sites (tertiary alicyclic amines) is 1. The number of aromatic nitrogens is 3. The largest absolute Gasteiger partial charge is 0.384 e. The third-order valence-corrected chi connectivity index (χ3v) is 4.61. The molecule has 1 aromatic heterocycles. The van der Waals surface area contributed by atoms with E-state index in [-0.39, 0.29) is 11.9 Å². The van der Waals surface area contributed by atoms with Gasteiger partial charge in [0.15, 0.2) is 5.82 Å². The number of carbonyl (C=O) groups is 1. The van der Waals surface area contributed by atoms with Crippen LogP contribution < -0.4 is 0 Å². The topological polar surface area (TPSA) is 63.5 Å². The average molecular weight is 307 g/mol. The molecule has 3 heterocycles. The number of hydrogen-bond donors (Lipinski definition) is 0. The van der Waals surface area contributed by atoms with Gasteiger partial charge < -0.3 is 14.2 Å². The molecule has 0 unspecified atom stereocenters. The highest BCUT2D eigenvalue weighted by atomic mass is 16.5. The average Bonchev–Trinajstić information content (AvgIpc) is 2.95. The fourth-order valence-corrected chi connectivity index (χ4v) is 3.38. The summed E-state index contributed by atoms with van der Waals surface area (Å²) in [6, 6.07) is 0.0720. The van der Waals surface area contributed by atoms with Crippen LogP contribution in [0.1, 0.15) is 43.4 Å². The van der Waals surface area contributed by atoms with Crippen molar-refractivity contribution in [1.29, 1.82) is 0 Å². The van der Waals surface area contributed by atoms with Crippen LogP contribution in [0.15, 0.2) is 0 Å². The van der Waals surface area contributed by atoms with Gasteiger partial charge >= 0.3 is 0 Å². The van der Waals surface area contributed by atoms with Crippen molar-refractivity contribution < 1.29 is 9.53 Å². The van der Waals surface area contributed by atoms with Crippen molar-refractivity contribution >= 4 is 5.91 Å². The van der Waals surface area contributed by atoms with Crippen molar-refractivity contribution in [2.24, 2.45) is 0 Å². The maximum absolute atomic E-state index is 12.5. The molecule has 1 saturated heterocycles. The molecule has 0 spiro atoms. The maximum Gasteiger partial charge on any atom is 0.225 e. The van der Waals surface area contributed by atoms with Gasteiger partial charge in [-0.1, -0.05) is 0 Å². The molecule has 1 fully saturated rings. The lowest BCUT2D eigenvalue weighted by atomic mass is 10.0. The molecule has 122 valence electrons. The van der Waals surface area contributed by atoms with Crippen LogP contribution in [0.4, 0.5) is 0 Å². The first kappa shape index (κ1) is 15.4. The summed E-state index contributed by atoms with van der Waals surface area (Å²) in [5, 5.41) is 8.78. The predicted octanol–water partition coefficient (Wildman–Crippen LogP) is 0.814. The van der Waals surface area contributed by atoms with Crippen LogP contribution in [0.2, 0.25) is 0 Å². The first-order valence-electron chi connectivity index (χ1n) is 8.09. The zero-order chi connectivity index (χ0) is 15.5. The predicted molar refractivity (Wildman–Crippen MR) is 81.2 cm³/mol. The molecule has 0 radical (unpaired) electrons. The van der Waals surface area contributed by atoms with Crippen LogP contribution in [0.25, 0.3) is 0 Å². The molecular weight excluding hydrogens is 282 g/mol. The highest BCUT2D eigenvalue weighted by Crippen LogP contribution is 2.31. The van der Waals surface area contributed by atoms with E-state index in [2.05, 4.69) is 26.7 Å². The van der Waals surface area contributed by atoms with Crippen molar-refractivity contribution in [3.63, 3.8) is 0 Å². The van der Waals surface area contributed by atoms with E-state index < -0.39 is 0 Å². The molecule has 0 saturated carbocycles. The molecule has 1 amide bonds. The summed E-state index contributed by atoms with van der Waals surface area (Å²) in [4.78, 5) is 16.7. The molecule has 3 rings (SSSR count). The van der Waals surface area contributed by atoms with E-state index in [0.717, 1.165) is 57.1 Å². The minimum absolute atomic E-state index is 0.0720. The van der Waals surface area contributed by atoms with E-state index in [1.54, 1.807) is 7.11 Å². The second kappa shape index (κ2) is 6.75. The monoisotopic (exact) mass is 307 g/mol. The van der Waals surface area contributed by atoms with Gasteiger partial charge in [0.2, 0.25) is 5.91 Å². The van der Waals surface area contributed by atoms with Crippen LogP contribution >= 0.6 is 0 Å². The summed E-state index contributed by atoms with van der Waals surface area (Å²) in [6.07, 6.45) is 3.63. The number of ether oxygens (including phenoxy) is 1. The Morgan fingerprint density at radius 1 is 1.27 bits per heavy atom. The summed E-state index contributed by atoms with van der Waals surface area (Å²) in [6.45, 7) is 4.03. The van der Waals surface area contributed by atoms with Crippen LogP contribution in [0.5, 0.6) is 0 Å². The van der Waals surface area contributed by atoms with Gasteiger partial charge in [-0.3, -0.25) is 9.69 Å². The van der Waals surface area contributed by atoms with Gasteiger partial charge in [0, 0.05) is 26.7 Å². The Kier molecular flexibility index (Phi) is 4.73. The van der Waals surface area contributed by atoms with Crippen molar-refractivity contribution in [1.82, 2.24) is 24.6 Å². The molecule has 0 aromatic carbocycles. The lowest BCUT2D eigenvalue weighted by molar-refractivity contribution is -0.136. The highest BCUT2D eigenvalue weighted by molar-refractivity contribution is 5.76. The van der Waals surface area contributed by atoms with E-state index in [4.69, 9.17) is 4.74 Å². The van der Waals surface area contributed by atoms with Gasteiger partial charge in [0.1, 0.15) is 5.82 Å². The van der Waals surface area contributed by atoms with Gasteiger partial charge in [-0.15, -0.1) is 10.2 Å². The highest BCUT2D eigenvalue weighted by Gasteiger charge is 2.33. The van der Waals surface area contributed by atoms with Gasteiger partial charge in [0.05, 0.1) is 25.6 Å². The van der Waals surface area contributed by atoms with Gasteiger partial charge in [0.25, 0.3) is 0 Å². The Bertz CT molecular complexity index is 530. The number of piperidine rings is 1. The molecule has 22 heavy (non-hydrogen) atoms. The molecule has 0 bridgehead atoms. The molecule has 2 aliphatic rings. The van der Waals surface area contributed by atoms with E-state index in [1.165, 1.54) is 0 Å². The Morgan fingerprint density at radius 2 is 2.14 bits per heavy atom. The first-order valence-corrected chi connectivity index (χ1v) is 8.09. The zero-order valence-electron chi connectivity index (χ0n) is 13.5. The quantitative estimate of drug-likeness (QED) is 0.824.